The number of hydrogen-bond acceptors (Lipinski definition) is 2. The van der Waals surface area contributed by atoms with E-state index in [1.54, 1.807) is 12.1 Å². The van der Waals surface area contributed by atoms with Gasteiger partial charge in [-0.1, -0.05) is 60.2 Å². The second kappa shape index (κ2) is 9.40. The van der Waals surface area contributed by atoms with Gasteiger partial charge in [0.05, 0.1) is 16.7 Å². The smallest absolute Gasteiger partial charge is 0.252 e. The van der Waals surface area contributed by atoms with Gasteiger partial charge in [-0.25, -0.2) is 4.39 Å². The molecule has 8 aromatic rings. The summed E-state index contributed by atoms with van der Waals surface area (Å²) in [6, 6.07) is 42.7. The zero-order chi connectivity index (χ0) is 31.6. The summed E-state index contributed by atoms with van der Waals surface area (Å²) in [5.41, 5.74) is 15.3. The Balaban J connectivity index is 1.37. The van der Waals surface area contributed by atoms with Crippen LogP contribution >= 0.6 is 0 Å². The van der Waals surface area contributed by atoms with E-state index in [0.717, 1.165) is 34.0 Å². The van der Waals surface area contributed by atoms with E-state index in [1.165, 1.54) is 54.8 Å². The van der Waals surface area contributed by atoms with Crippen LogP contribution in [0.5, 0.6) is 0 Å². The molecule has 0 N–H and O–H groups in total. The molecule has 224 valence electrons. The van der Waals surface area contributed by atoms with Crippen LogP contribution in [0.15, 0.2) is 128 Å². The van der Waals surface area contributed by atoms with Crippen molar-refractivity contribution in [3.63, 3.8) is 0 Å². The summed E-state index contributed by atoms with van der Waals surface area (Å²) in [6.45, 7) is 2.13. The molecular formula is C41H30BFN4. The average Bonchev–Trinajstić information content (AvgIpc) is 3.61. The molecule has 0 bridgehead atoms. The first-order valence-electron chi connectivity index (χ1n) is 16.1. The fourth-order valence-electron chi connectivity index (χ4n) is 8.27. The predicted octanol–water partition coefficient (Wildman–Crippen LogP) is 8.35. The molecule has 2 aliphatic heterocycles. The summed E-state index contributed by atoms with van der Waals surface area (Å²) < 4.78 is 18.9. The number of anilines is 6. The fourth-order valence-corrected chi connectivity index (χ4v) is 8.27. The first-order chi connectivity index (χ1) is 23.0. The van der Waals surface area contributed by atoms with Crippen molar-refractivity contribution in [1.82, 2.24) is 9.13 Å². The van der Waals surface area contributed by atoms with Gasteiger partial charge in [-0.3, -0.25) is 0 Å². The van der Waals surface area contributed by atoms with Gasteiger partial charge in [0, 0.05) is 70.4 Å². The van der Waals surface area contributed by atoms with Gasteiger partial charge in [-0.2, -0.15) is 0 Å². The van der Waals surface area contributed by atoms with Crippen molar-refractivity contribution in [2.75, 3.05) is 9.80 Å². The molecule has 0 fully saturated rings. The summed E-state index contributed by atoms with van der Waals surface area (Å²) >= 11 is 0. The lowest BCUT2D eigenvalue weighted by atomic mass is 9.33. The Morgan fingerprint density at radius 1 is 0.596 bits per heavy atom. The lowest BCUT2D eigenvalue weighted by Gasteiger charge is -2.44. The van der Waals surface area contributed by atoms with Crippen molar-refractivity contribution in [3.05, 3.63) is 139 Å². The third-order valence-corrected chi connectivity index (χ3v) is 10.4. The summed E-state index contributed by atoms with van der Waals surface area (Å²) in [5.74, 6) is -0.241. The normalized spacial score (nSPS) is 13.4. The van der Waals surface area contributed by atoms with Gasteiger partial charge in [0.1, 0.15) is 5.82 Å². The summed E-state index contributed by atoms with van der Waals surface area (Å²) in [4.78, 5) is 4.79. The molecular weight excluding hydrogens is 578 g/mol. The lowest BCUT2D eigenvalue weighted by molar-refractivity contribution is 0.628. The number of hydrogen-bond donors (Lipinski definition) is 0. The third kappa shape index (κ3) is 3.53. The highest BCUT2D eigenvalue weighted by atomic mass is 19.1. The average molecular weight is 609 g/mol. The quantitative estimate of drug-likeness (QED) is 0.184. The SMILES string of the molecule is Cc1ccc(N2c3cc4c(cc3B3c5ccc6ccn(C)c6c5N(c5ccc(F)cc5)c5cccc2c53)c2ccccc2n4C)cc1. The van der Waals surface area contributed by atoms with Crippen molar-refractivity contribution in [2.24, 2.45) is 14.1 Å². The second-order valence-corrected chi connectivity index (χ2v) is 13.0. The standard InChI is InChI=1S/C41H30BFN4/c1-25-11-16-28(17-12-25)46-35-9-6-10-36-39(35)42(33-23-31-30-7-4-5-8-34(30)45(3)37(31)24-38(33)46)32-20-13-26-21-22-44(2)40(26)41(32)47(36)29-18-14-27(43)15-19-29/h4-24H,1-3H3. The number of benzene rings is 6. The van der Waals surface area contributed by atoms with Crippen LogP contribution in [0.1, 0.15) is 5.56 Å². The van der Waals surface area contributed by atoms with Gasteiger partial charge in [-0.05, 0) is 90.0 Å². The molecule has 0 aliphatic carbocycles. The van der Waals surface area contributed by atoms with E-state index >= 15 is 0 Å². The fraction of sp³-hybridized carbons (Fsp3) is 0.0732. The minimum Gasteiger partial charge on any atom is -0.349 e. The van der Waals surface area contributed by atoms with Crippen molar-refractivity contribution < 1.29 is 4.39 Å². The minimum atomic E-state index is -0.241. The van der Waals surface area contributed by atoms with Crippen LogP contribution in [0.25, 0.3) is 32.7 Å². The van der Waals surface area contributed by atoms with Gasteiger partial charge < -0.3 is 18.9 Å². The maximum Gasteiger partial charge on any atom is 0.252 e. The van der Waals surface area contributed by atoms with E-state index in [-0.39, 0.29) is 12.5 Å². The summed E-state index contributed by atoms with van der Waals surface area (Å²) in [7, 11) is 4.29. The molecule has 0 saturated carbocycles. The van der Waals surface area contributed by atoms with Crippen molar-refractivity contribution >= 4 is 89.9 Å². The number of nitrogens with zero attached hydrogens (tertiary/aromatic N) is 4. The number of aromatic nitrogens is 2. The molecule has 0 radical (unpaired) electrons. The predicted molar refractivity (Wildman–Crippen MR) is 196 cm³/mol. The molecule has 0 amide bonds. The molecule has 4 nitrogen and oxygen atoms in total. The Morgan fingerprint density at radius 3 is 2.13 bits per heavy atom. The zero-order valence-electron chi connectivity index (χ0n) is 26.4. The van der Waals surface area contributed by atoms with Crippen LogP contribution in [0.2, 0.25) is 0 Å². The lowest BCUT2D eigenvalue weighted by Crippen LogP contribution is -2.61. The Labute approximate surface area is 272 Å². The zero-order valence-corrected chi connectivity index (χ0v) is 26.4. The maximum atomic E-state index is 14.3. The van der Waals surface area contributed by atoms with Crippen molar-refractivity contribution in [2.45, 2.75) is 6.92 Å². The molecule has 47 heavy (non-hydrogen) atoms. The van der Waals surface area contributed by atoms with E-state index in [1.807, 2.05) is 12.1 Å². The van der Waals surface area contributed by atoms with Crippen molar-refractivity contribution in [3.8, 4) is 0 Å². The molecule has 10 rings (SSSR count). The van der Waals surface area contributed by atoms with E-state index in [2.05, 4.69) is 143 Å². The van der Waals surface area contributed by atoms with Gasteiger partial charge in [0.25, 0.3) is 6.71 Å². The molecule has 0 unspecified atom stereocenters. The maximum absolute atomic E-state index is 14.3. The Bertz CT molecular complexity index is 2580. The van der Waals surface area contributed by atoms with Gasteiger partial charge in [0.15, 0.2) is 0 Å². The Morgan fingerprint density at radius 2 is 1.32 bits per heavy atom. The van der Waals surface area contributed by atoms with E-state index in [0.29, 0.717) is 0 Å². The van der Waals surface area contributed by atoms with Gasteiger partial charge >= 0.3 is 0 Å². The highest BCUT2D eigenvalue weighted by Crippen LogP contribution is 2.46. The largest absolute Gasteiger partial charge is 0.349 e. The molecule has 0 atom stereocenters. The van der Waals surface area contributed by atoms with Crippen LogP contribution < -0.4 is 26.2 Å². The third-order valence-electron chi connectivity index (χ3n) is 10.4. The Hall–Kier alpha value is -5.75. The molecule has 4 heterocycles. The van der Waals surface area contributed by atoms with Crippen LogP contribution in [-0.2, 0) is 14.1 Å². The van der Waals surface area contributed by atoms with Crippen LogP contribution in [-0.4, -0.2) is 15.8 Å². The van der Waals surface area contributed by atoms with Crippen LogP contribution in [0.4, 0.5) is 38.5 Å². The van der Waals surface area contributed by atoms with Crippen LogP contribution in [0, 0.1) is 12.7 Å². The highest BCUT2D eigenvalue weighted by Gasteiger charge is 2.44. The number of para-hydroxylation sites is 1. The molecule has 2 aliphatic rings. The number of halogens is 1. The first kappa shape index (κ1) is 26.5. The number of rotatable bonds is 2. The number of aryl methyl sites for hydroxylation is 3. The Kier molecular flexibility index (Phi) is 5.29. The molecule has 6 aromatic carbocycles. The first-order valence-corrected chi connectivity index (χ1v) is 16.1. The van der Waals surface area contributed by atoms with E-state index in [4.69, 9.17) is 0 Å². The monoisotopic (exact) mass is 608 g/mol. The molecule has 6 heteroatoms. The molecule has 2 aromatic heterocycles. The second-order valence-electron chi connectivity index (χ2n) is 13.0. The minimum absolute atomic E-state index is 0.00716. The molecule has 0 saturated heterocycles. The van der Waals surface area contributed by atoms with E-state index in [9.17, 15) is 4.39 Å². The topological polar surface area (TPSA) is 16.3 Å². The van der Waals surface area contributed by atoms with Crippen molar-refractivity contribution in [1.29, 1.82) is 0 Å². The highest BCUT2D eigenvalue weighted by molar-refractivity contribution is 7.00. The molecule has 0 spiro atoms. The van der Waals surface area contributed by atoms with Gasteiger partial charge in [0.2, 0.25) is 0 Å². The summed E-state index contributed by atoms with van der Waals surface area (Å²) in [5, 5.41) is 3.70. The van der Waals surface area contributed by atoms with E-state index < -0.39 is 0 Å². The number of fused-ring (bicyclic) bond motifs is 9. The van der Waals surface area contributed by atoms with Crippen LogP contribution in [0.3, 0.4) is 0 Å². The summed E-state index contributed by atoms with van der Waals surface area (Å²) in [6.07, 6.45) is 2.13. The van der Waals surface area contributed by atoms with Gasteiger partial charge in [-0.15, -0.1) is 0 Å².